The summed E-state index contributed by atoms with van der Waals surface area (Å²) in [5, 5.41) is 3.70. The molecule has 1 aliphatic heterocycles. The number of halogens is 1. The Morgan fingerprint density at radius 2 is 1.30 bits per heavy atom. The third-order valence-electron chi connectivity index (χ3n) is 13.3. The van der Waals surface area contributed by atoms with Crippen molar-refractivity contribution < 1.29 is 52.5 Å². The number of aryl methyl sites for hydroxylation is 1. The average Bonchev–Trinajstić information content (AvgIpc) is 3.74. The maximum Gasteiger partial charge on any atom is 0.261 e. The Balaban J connectivity index is 1.02. The van der Waals surface area contributed by atoms with Gasteiger partial charge in [0.25, 0.3) is 23.3 Å². The molecule has 5 rings (SSSR count). The lowest BCUT2D eigenvalue weighted by atomic mass is 9.89. The Hall–Kier alpha value is -6.24. The van der Waals surface area contributed by atoms with Gasteiger partial charge < -0.3 is 29.2 Å². The van der Waals surface area contributed by atoms with Crippen LogP contribution in [-0.4, -0.2) is 132 Å². The standard InChI is InChI=1S/C59H76ClN5O12/c1-40(2)50(38-48(67)26-30-75-32-34-77-36-35-76-33-31-74-29-12-15-47(66)25-28-63-53(69)23-24-54(63)70)57(71)61-43(6)52(68)16-10-11-27-64(58(72)45-19-17-42(5)18-20-45)55(41(3)4)56-62-51-37-46(60)21-22-49(51)59(73)65(56)39-44-13-8-7-9-14-44/h7-9,13-14,17-24,37,40-41,43,50,55H,10-12,15-16,25-36,38-39H2,1-6H3,(H,61,71)/t43-,50-,55+/m0/s1. The predicted molar refractivity (Wildman–Crippen MR) is 293 cm³/mol. The summed E-state index contributed by atoms with van der Waals surface area (Å²) in [6.45, 7) is 14.4. The van der Waals surface area contributed by atoms with Gasteiger partial charge in [0.05, 0.1) is 75.8 Å². The van der Waals surface area contributed by atoms with Crippen LogP contribution >= 0.6 is 11.6 Å². The van der Waals surface area contributed by atoms with Gasteiger partial charge in [-0.1, -0.05) is 87.3 Å². The van der Waals surface area contributed by atoms with Crippen molar-refractivity contribution in [2.24, 2.45) is 17.8 Å². The molecule has 17 nitrogen and oxygen atoms in total. The molecule has 416 valence electrons. The third kappa shape index (κ3) is 19.6. The van der Waals surface area contributed by atoms with Gasteiger partial charge in [-0.15, -0.1) is 0 Å². The van der Waals surface area contributed by atoms with Crippen LogP contribution in [0.15, 0.2) is 89.7 Å². The first-order valence-corrected chi connectivity index (χ1v) is 27.1. The molecule has 4 aromatic rings. The first kappa shape index (κ1) is 61.6. The highest BCUT2D eigenvalue weighted by atomic mass is 35.5. The Morgan fingerprint density at radius 3 is 1.92 bits per heavy atom. The highest BCUT2D eigenvalue weighted by Crippen LogP contribution is 2.31. The highest BCUT2D eigenvalue weighted by molar-refractivity contribution is 6.31. The number of hydrogen-bond donors (Lipinski definition) is 1. The van der Waals surface area contributed by atoms with Gasteiger partial charge in [0.2, 0.25) is 5.91 Å². The lowest BCUT2D eigenvalue weighted by Crippen LogP contribution is -2.43. The van der Waals surface area contributed by atoms with Gasteiger partial charge in [0.15, 0.2) is 5.78 Å². The van der Waals surface area contributed by atoms with E-state index < -0.39 is 29.8 Å². The fourth-order valence-electron chi connectivity index (χ4n) is 8.89. The number of benzene rings is 3. The zero-order chi connectivity index (χ0) is 55.9. The van der Waals surface area contributed by atoms with E-state index >= 15 is 0 Å². The monoisotopic (exact) mass is 1080 g/mol. The molecule has 0 aliphatic carbocycles. The lowest BCUT2D eigenvalue weighted by molar-refractivity contribution is -0.137. The van der Waals surface area contributed by atoms with Gasteiger partial charge in [0, 0.05) is 80.5 Å². The molecule has 1 aromatic heterocycles. The zero-order valence-corrected chi connectivity index (χ0v) is 46.2. The van der Waals surface area contributed by atoms with Crippen LogP contribution in [-0.2, 0) is 54.3 Å². The largest absolute Gasteiger partial charge is 0.379 e. The number of amides is 4. The number of carbonyl (C=O) groups is 7. The fourth-order valence-corrected chi connectivity index (χ4v) is 9.06. The molecule has 0 radical (unpaired) electrons. The topological polar surface area (TPSA) is 210 Å². The summed E-state index contributed by atoms with van der Waals surface area (Å²) in [6.07, 6.45) is 4.49. The molecule has 4 amide bonds. The van der Waals surface area contributed by atoms with Crippen molar-refractivity contribution in [2.75, 3.05) is 65.9 Å². The molecule has 1 N–H and O–H groups in total. The molecule has 3 atom stereocenters. The zero-order valence-electron chi connectivity index (χ0n) is 45.5. The first-order valence-electron chi connectivity index (χ1n) is 26.8. The van der Waals surface area contributed by atoms with Gasteiger partial charge in [-0.3, -0.25) is 47.8 Å². The van der Waals surface area contributed by atoms with Crippen molar-refractivity contribution in [3.05, 3.63) is 123 Å². The van der Waals surface area contributed by atoms with E-state index in [4.69, 9.17) is 35.5 Å². The molecule has 18 heteroatoms. The quantitative estimate of drug-likeness (QED) is 0.0340. The van der Waals surface area contributed by atoms with Crippen LogP contribution in [0.3, 0.4) is 0 Å². The molecule has 0 spiro atoms. The number of nitrogens with zero attached hydrogens (tertiary/aromatic N) is 4. The van der Waals surface area contributed by atoms with E-state index in [1.807, 2.05) is 77.1 Å². The highest BCUT2D eigenvalue weighted by Gasteiger charge is 2.34. The van der Waals surface area contributed by atoms with E-state index in [0.717, 1.165) is 16.0 Å². The molecular formula is C59H76ClN5O12. The van der Waals surface area contributed by atoms with Crippen molar-refractivity contribution in [3.8, 4) is 0 Å². The second-order valence-corrected chi connectivity index (χ2v) is 20.5. The van der Waals surface area contributed by atoms with Crippen molar-refractivity contribution in [1.29, 1.82) is 0 Å². The number of ketones is 3. The second kappa shape index (κ2) is 31.9. The maximum atomic E-state index is 14.6. The van der Waals surface area contributed by atoms with Gasteiger partial charge in [-0.25, -0.2) is 4.98 Å². The van der Waals surface area contributed by atoms with E-state index in [0.29, 0.717) is 92.6 Å². The van der Waals surface area contributed by atoms with Crippen LogP contribution in [0.1, 0.15) is 119 Å². The fraction of sp³-hybridized carbons (Fsp3) is 0.508. The van der Waals surface area contributed by atoms with Crippen LogP contribution < -0.4 is 10.9 Å². The van der Waals surface area contributed by atoms with Gasteiger partial charge in [-0.05, 0) is 80.8 Å². The number of rotatable bonds is 36. The molecule has 0 unspecified atom stereocenters. The summed E-state index contributed by atoms with van der Waals surface area (Å²) in [7, 11) is 0. The summed E-state index contributed by atoms with van der Waals surface area (Å²) < 4.78 is 23.8. The van der Waals surface area contributed by atoms with Gasteiger partial charge in [-0.2, -0.15) is 0 Å². The number of ether oxygens (including phenoxy) is 4. The minimum absolute atomic E-state index is 0.00684. The Bertz CT molecular complexity index is 2690. The molecule has 77 heavy (non-hydrogen) atoms. The molecule has 0 fully saturated rings. The Morgan fingerprint density at radius 1 is 0.675 bits per heavy atom. The van der Waals surface area contributed by atoms with E-state index in [1.165, 1.54) is 12.2 Å². The summed E-state index contributed by atoms with van der Waals surface area (Å²) in [6, 6.07) is 20.5. The summed E-state index contributed by atoms with van der Waals surface area (Å²) in [4.78, 5) is 112. The van der Waals surface area contributed by atoms with Crippen molar-refractivity contribution in [3.63, 3.8) is 0 Å². The summed E-state index contributed by atoms with van der Waals surface area (Å²) in [5.41, 5.74) is 2.56. The van der Waals surface area contributed by atoms with Crippen molar-refractivity contribution in [1.82, 2.24) is 24.7 Å². The van der Waals surface area contributed by atoms with Crippen LogP contribution in [0.5, 0.6) is 0 Å². The summed E-state index contributed by atoms with van der Waals surface area (Å²) >= 11 is 6.42. The number of imide groups is 1. The number of unbranched alkanes of at least 4 members (excludes halogenated alkanes) is 1. The van der Waals surface area contributed by atoms with Crippen LogP contribution in [0.2, 0.25) is 5.02 Å². The van der Waals surface area contributed by atoms with Crippen LogP contribution in [0.4, 0.5) is 0 Å². The maximum absolute atomic E-state index is 14.6. The molecule has 0 saturated heterocycles. The predicted octanol–water partition coefficient (Wildman–Crippen LogP) is 7.84. The number of aromatic nitrogens is 2. The molecular weight excluding hydrogens is 1010 g/mol. The minimum atomic E-state index is -0.802. The molecule has 2 heterocycles. The summed E-state index contributed by atoms with van der Waals surface area (Å²) in [5.74, 6) is -2.30. The SMILES string of the molecule is Cc1ccc(C(=O)N(CCCCC(=O)[C@H](C)NC(=O)[C@@H](CC(=O)CCOCCOCCOCCOCCCC(=O)CCN2C(=O)C=CC2=O)C(C)C)[C@@H](c2nc3cc(Cl)ccc3c(=O)n2Cc2ccccc2)C(C)C)cc1. The van der Waals surface area contributed by atoms with E-state index in [1.54, 1.807) is 46.7 Å². The van der Waals surface area contributed by atoms with E-state index in [2.05, 4.69) is 5.32 Å². The van der Waals surface area contributed by atoms with Crippen LogP contribution in [0.25, 0.3) is 10.9 Å². The van der Waals surface area contributed by atoms with Gasteiger partial charge in [0.1, 0.15) is 17.4 Å². The molecule has 3 aromatic carbocycles. The lowest BCUT2D eigenvalue weighted by Gasteiger charge is -2.35. The number of carbonyl (C=O) groups excluding carboxylic acids is 7. The van der Waals surface area contributed by atoms with Crippen LogP contribution in [0, 0.1) is 24.7 Å². The van der Waals surface area contributed by atoms with Gasteiger partial charge >= 0.3 is 0 Å². The minimum Gasteiger partial charge on any atom is -0.379 e. The molecule has 0 saturated carbocycles. The second-order valence-electron chi connectivity index (χ2n) is 20.1. The number of Topliss-reactive ketones (excluding diaryl/α,β-unsaturated/α-hetero) is 3. The Kier molecular flexibility index (Phi) is 25.5. The smallest absolute Gasteiger partial charge is 0.261 e. The van der Waals surface area contributed by atoms with E-state index in [-0.39, 0.29) is 105 Å². The third-order valence-corrected chi connectivity index (χ3v) is 13.6. The number of hydrogen-bond acceptors (Lipinski definition) is 13. The average molecular weight is 1080 g/mol. The van der Waals surface area contributed by atoms with Crippen molar-refractivity contribution >= 4 is 63.5 Å². The van der Waals surface area contributed by atoms with E-state index in [9.17, 15) is 38.4 Å². The normalized spacial score (nSPS) is 13.6. The van der Waals surface area contributed by atoms with Crippen molar-refractivity contribution in [2.45, 2.75) is 112 Å². The number of fused-ring (bicyclic) bond motifs is 1. The first-order chi connectivity index (χ1) is 36.9. The molecule has 1 aliphatic rings. The number of nitrogens with one attached hydrogen (secondary N) is 1. The Labute approximate surface area is 457 Å². The molecule has 0 bridgehead atoms.